The van der Waals surface area contributed by atoms with Crippen LogP contribution >= 0.6 is 46.4 Å². The van der Waals surface area contributed by atoms with Crippen molar-refractivity contribution in [1.82, 2.24) is 19.6 Å². The normalized spacial score (nSPS) is 14.2. The smallest absolute Gasteiger partial charge is 0.294 e. The molecular weight excluding hydrogens is 778 g/mol. The summed E-state index contributed by atoms with van der Waals surface area (Å²) in [7, 11) is -4.45. The minimum atomic E-state index is -4.45. The Balaban J connectivity index is 0.992. The molecule has 0 aliphatic heterocycles. The van der Waals surface area contributed by atoms with Crippen LogP contribution in [0.25, 0.3) is 33.9 Å². The van der Waals surface area contributed by atoms with Gasteiger partial charge < -0.3 is 10.2 Å². The van der Waals surface area contributed by atoms with Crippen LogP contribution in [0.3, 0.4) is 0 Å². The van der Waals surface area contributed by atoms with Crippen molar-refractivity contribution in [3.8, 4) is 33.9 Å². The van der Waals surface area contributed by atoms with Gasteiger partial charge in [0.2, 0.25) is 0 Å². The predicted octanol–water partition coefficient (Wildman–Crippen LogP) is 9.78. The topological polar surface area (TPSA) is 130 Å². The van der Waals surface area contributed by atoms with E-state index in [9.17, 15) is 23.2 Å². The zero-order valence-electron chi connectivity index (χ0n) is 28.0. The fraction of sp³-hybridized carbons (Fsp3) is 0.231. The van der Waals surface area contributed by atoms with Gasteiger partial charge in [-0.25, -0.2) is 9.36 Å². The molecule has 14 heteroatoms. The molecule has 0 saturated carbocycles. The Morgan fingerprint density at radius 1 is 0.642 bits per heavy atom. The molecule has 0 amide bonds. The molecule has 0 bridgehead atoms. The number of hydrogen-bond donors (Lipinski definition) is 3. The van der Waals surface area contributed by atoms with Crippen LogP contribution in [0.15, 0.2) is 83.8 Å². The number of aliphatic hydroxyl groups is 2. The van der Waals surface area contributed by atoms with Gasteiger partial charge in [0.15, 0.2) is 0 Å². The van der Waals surface area contributed by atoms with Gasteiger partial charge in [-0.1, -0.05) is 96.0 Å². The number of rotatable bonds is 11. The maximum absolute atomic E-state index is 12.0. The minimum absolute atomic E-state index is 0.238. The van der Waals surface area contributed by atoms with Crippen molar-refractivity contribution in [1.29, 1.82) is 0 Å². The van der Waals surface area contributed by atoms with E-state index in [1.54, 1.807) is 41.1 Å². The summed E-state index contributed by atoms with van der Waals surface area (Å²) in [5, 5.41) is 34.4. The molecule has 2 aliphatic carbocycles. The molecule has 2 aliphatic rings. The first kappa shape index (κ1) is 36.3. The Morgan fingerprint density at radius 2 is 1.15 bits per heavy atom. The van der Waals surface area contributed by atoms with Crippen molar-refractivity contribution in [2.24, 2.45) is 0 Å². The molecule has 2 atom stereocenters. The second-order valence-corrected chi connectivity index (χ2v) is 16.5. The average molecular weight is 811 g/mol. The third-order valence-electron chi connectivity index (χ3n) is 10.0. The summed E-state index contributed by atoms with van der Waals surface area (Å²) in [5.41, 5.74) is 9.19. The van der Waals surface area contributed by atoms with E-state index in [4.69, 9.17) is 56.6 Å². The highest BCUT2D eigenvalue weighted by molar-refractivity contribution is 7.85. The molecule has 6 aromatic rings. The summed E-state index contributed by atoms with van der Waals surface area (Å²) in [6.45, 7) is 0. The number of fused-ring (bicyclic) bond motifs is 6. The maximum Gasteiger partial charge on any atom is 0.294 e. The Labute approximate surface area is 326 Å². The van der Waals surface area contributed by atoms with Gasteiger partial charge in [-0.15, -0.1) is 0 Å². The molecule has 53 heavy (non-hydrogen) atoms. The lowest BCUT2D eigenvalue weighted by atomic mass is 10.00. The van der Waals surface area contributed by atoms with Crippen molar-refractivity contribution in [2.75, 3.05) is 0 Å². The molecule has 0 saturated heterocycles. The van der Waals surface area contributed by atoms with E-state index in [1.807, 2.05) is 22.9 Å². The molecule has 0 fully saturated rings. The van der Waals surface area contributed by atoms with Crippen molar-refractivity contribution in [2.45, 2.75) is 62.0 Å². The van der Waals surface area contributed by atoms with Crippen LogP contribution in [0.1, 0.15) is 78.0 Å². The van der Waals surface area contributed by atoms with E-state index in [0.717, 1.165) is 39.9 Å². The zero-order valence-corrected chi connectivity index (χ0v) is 31.8. The molecule has 0 radical (unpaired) electrons. The molecular formula is C39H32Cl4N4O5S. The fourth-order valence-electron chi connectivity index (χ4n) is 7.53. The summed E-state index contributed by atoms with van der Waals surface area (Å²) < 4.78 is 37.2. The highest BCUT2D eigenvalue weighted by atomic mass is 35.5. The van der Waals surface area contributed by atoms with Crippen LogP contribution in [0.2, 0.25) is 20.1 Å². The molecule has 2 unspecified atom stereocenters. The van der Waals surface area contributed by atoms with E-state index in [2.05, 4.69) is 12.1 Å². The van der Waals surface area contributed by atoms with Gasteiger partial charge in [-0.3, -0.25) is 4.55 Å². The van der Waals surface area contributed by atoms with E-state index < -0.39 is 22.3 Å². The number of nitrogens with zero attached hydrogens (tertiary/aromatic N) is 4. The van der Waals surface area contributed by atoms with E-state index >= 15 is 0 Å². The van der Waals surface area contributed by atoms with Crippen LogP contribution < -0.4 is 0 Å². The SMILES string of the molecule is O=S(=O)(O)c1ccc2c(c1)-c1c(c(C(O)CCCCCC(O)c3nn(-c4ccc(Cl)cc4Cl)c4c3Cc3ccccc3-4)nn1-c1ccc(Cl)cc1Cl)C2. The number of halogens is 4. The van der Waals surface area contributed by atoms with Gasteiger partial charge in [-0.05, 0) is 72.5 Å². The van der Waals surface area contributed by atoms with Gasteiger partial charge in [0, 0.05) is 45.1 Å². The highest BCUT2D eigenvalue weighted by Gasteiger charge is 2.33. The minimum Gasteiger partial charge on any atom is -0.387 e. The quantitative estimate of drug-likeness (QED) is 0.0876. The molecule has 8 rings (SSSR count). The molecule has 4 aromatic carbocycles. The average Bonchev–Trinajstić information content (AvgIpc) is 3.86. The van der Waals surface area contributed by atoms with E-state index in [1.165, 1.54) is 12.1 Å². The van der Waals surface area contributed by atoms with Crippen LogP contribution in [-0.4, -0.2) is 42.7 Å². The third-order valence-corrected chi connectivity index (χ3v) is 12.0. The van der Waals surface area contributed by atoms with Gasteiger partial charge in [0.1, 0.15) is 0 Å². The van der Waals surface area contributed by atoms with Crippen LogP contribution in [-0.2, 0) is 23.0 Å². The second-order valence-electron chi connectivity index (χ2n) is 13.4. The van der Waals surface area contributed by atoms with Crippen LogP contribution in [0.4, 0.5) is 0 Å². The first-order valence-corrected chi connectivity index (χ1v) is 20.0. The molecule has 2 aromatic heterocycles. The predicted molar refractivity (Wildman–Crippen MR) is 206 cm³/mol. The van der Waals surface area contributed by atoms with Crippen molar-refractivity contribution >= 4 is 56.5 Å². The first-order chi connectivity index (χ1) is 25.4. The molecule has 9 nitrogen and oxygen atoms in total. The second kappa shape index (κ2) is 14.2. The molecule has 2 heterocycles. The third kappa shape index (κ3) is 6.70. The molecule has 272 valence electrons. The monoisotopic (exact) mass is 808 g/mol. The zero-order chi connectivity index (χ0) is 37.2. The maximum atomic E-state index is 12.0. The summed E-state index contributed by atoms with van der Waals surface area (Å²) >= 11 is 25.6. The Hall–Kier alpha value is -3.71. The Kier molecular flexibility index (Phi) is 9.70. The molecule has 3 N–H and O–H groups in total. The molecule has 0 spiro atoms. The summed E-state index contributed by atoms with van der Waals surface area (Å²) in [6, 6.07) is 22.8. The van der Waals surface area contributed by atoms with Crippen molar-refractivity contribution in [3.05, 3.63) is 133 Å². The van der Waals surface area contributed by atoms with Gasteiger partial charge in [0.25, 0.3) is 10.1 Å². The van der Waals surface area contributed by atoms with Gasteiger partial charge in [-0.2, -0.15) is 18.6 Å². The Morgan fingerprint density at radius 3 is 1.68 bits per heavy atom. The fourth-order valence-corrected chi connectivity index (χ4v) is 9.01. The number of aromatic nitrogens is 4. The van der Waals surface area contributed by atoms with Crippen LogP contribution in [0.5, 0.6) is 0 Å². The van der Waals surface area contributed by atoms with Gasteiger partial charge in [0.05, 0.1) is 61.3 Å². The van der Waals surface area contributed by atoms with Crippen LogP contribution in [0, 0.1) is 0 Å². The lowest BCUT2D eigenvalue weighted by molar-refractivity contribution is 0.148. The number of benzene rings is 4. The van der Waals surface area contributed by atoms with Crippen molar-refractivity contribution < 1.29 is 23.2 Å². The first-order valence-electron chi connectivity index (χ1n) is 17.1. The number of unbranched alkanes of at least 4 members (excludes halogenated alkanes) is 2. The lowest BCUT2D eigenvalue weighted by Gasteiger charge is -2.13. The number of hydrogen-bond acceptors (Lipinski definition) is 6. The Bertz CT molecular complexity index is 2530. The summed E-state index contributed by atoms with van der Waals surface area (Å²) in [4.78, 5) is -0.238. The lowest BCUT2D eigenvalue weighted by Crippen LogP contribution is -2.06. The van der Waals surface area contributed by atoms with E-state index in [-0.39, 0.29) is 4.90 Å². The number of aliphatic hydroxyl groups excluding tert-OH is 2. The van der Waals surface area contributed by atoms with E-state index in [0.29, 0.717) is 92.6 Å². The highest BCUT2D eigenvalue weighted by Crippen LogP contribution is 2.45. The standard InChI is InChI=1S/C39H32Cl4N4O5S/c40-23-11-14-32(30(42)18-23)46-38-26-7-5-4-6-21(26)16-28(38)36(44-46)34(48)8-2-1-3-9-35(49)37-29-17-22-10-13-25(53(50,51)52)20-27(22)39(29)47(45-37)33-15-12-24(41)19-31(33)43/h4-7,10-15,18-20,34-35,48-49H,1-3,8-9,16-17H2,(H,50,51,52). The summed E-state index contributed by atoms with van der Waals surface area (Å²) in [6.07, 6.45) is 2.35. The largest absolute Gasteiger partial charge is 0.387 e. The van der Waals surface area contributed by atoms with Crippen molar-refractivity contribution in [3.63, 3.8) is 0 Å². The summed E-state index contributed by atoms with van der Waals surface area (Å²) in [5.74, 6) is 0. The van der Waals surface area contributed by atoms with Gasteiger partial charge >= 0.3 is 0 Å².